The number of rotatable bonds is 7. The highest BCUT2D eigenvalue weighted by molar-refractivity contribution is 7.99. The Labute approximate surface area is 133 Å². The first kappa shape index (κ1) is 16.0. The summed E-state index contributed by atoms with van der Waals surface area (Å²) in [4.78, 5) is 24.7. The van der Waals surface area contributed by atoms with Gasteiger partial charge in [0.05, 0.1) is 5.75 Å². The van der Waals surface area contributed by atoms with Gasteiger partial charge in [-0.05, 0) is 11.6 Å². The summed E-state index contributed by atoms with van der Waals surface area (Å²) in [7, 11) is 0. The summed E-state index contributed by atoms with van der Waals surface area (Å²) < 4.78 is 0. The van der Waals surface area contributed by atoms with Crippen LogP contribution in [0.15, 0.2) is 24.3 Å². The molecule has 114 valence electrons. The molecule has 1 aliphatic heterocycles. The van der Waals surface area contributed by atoms with Crippen molar-refractivity contribution >= 4 is 35.3 Å². The lowest BCUT2D eigenvalue weighted by atomic mass is 10.2. The normalized spacial score (nSPS) is 14.1. The fraction of sp³-hybridized carbons (Fsp3) is 0.429. The molecule has 0 bridgehead atoms. The number of nitrogens with one attached hydrogen (secondary N) is 2. The Morgan fingerprint density at radius 2 is 2.24 bits per heavy atom. The Bertz CT molecular complexity index is 513. The van der Waals surface area contributed by atoms with Crippen molar-refractivity contribution in [3.8, 4) is 0 Å². The molecule has 0 unspecified atom stereocenters. The first-order valence-electron chi connectivity index (χ1n) is 6.77. The first-order valence-corrected chi connectivity index (χ1v) is 8.30. The highest BCUT2D eigenvalue weighted by Crippen LogP contribution is 2.20. The maximum Gasteiger partial charge on any atom is 0.317 e. The number of hydrogen-bond donors (Lipinski definition) is 2. The molecule has 3 amide bonds. The summed E-state index contributed by atoms with van der Waals surface area (Å²) in [5.41, 5.74) is 1.03. The topological polar surface area (TPSA) is 61.4 Å². The zero-order valence-electron chi connectivity index (χ0n) is 11.6. The van der Waals surface area contributed by atoms with Crippen LogP contribution in [-0.4, -0.2) is 48.8 Å². The van der Waals surface area contributed by atoms with Crippen LogP contribution in [0.25, 0.3) is 0 Å². The summed E-state index contributed by atoms with van der Waals surface area (Å²) in [6, 6.07) is 7.57. The molecule has 1 aliphatic rings. The standard InChI is InChI=1S/C14H18ClN3O2S/c15-12-4-2-1-3-11(12)9-21-10-13(19)16-5-7-18-8-6-17-14(18)20/h1-4H,5-10H2,(H,16,19)(H,17,20). The van der Waals surface area contributed by atoms with E-state index in [4.69, 9.17) is 11.6 Å². The van der Waals surface area contributed by atoms with E-state index in [2.05, 4.69) is 10.6 Å². The summed E-state index contributed by atoms with van der Waals surface area (Å²) in [6.45, 7) is 2.42. The van der Waals surface area contributed by atoms with Crippen molar-refractivity contribution in [3.63, 3.8) is 0 Å². The second-order valence-electron chi connectivity index (χ2n) is 4.65. The number of carbonyl (C=O) groups is 2. The van der Waals surface area contributed by atoms with E-state index in [-0.39, 0.29) is 11.9 Å². The molecule has 1 fully saturated rings. The van der Waals surface area contributed by atoms with Crippen molar-refractivity contribution < 1.29 is 9.59 Å². The van der Waals surface area contributed by atoms with E-state index < -0.39 is 0 Å². The minimum atomic E-state index is -0.0580. The molecule has 2 rings (SSSR count). The molecular formula is C14H18ClN3O2S. The van der Waals surface area contributed by atoms with Crippen LogP contribution in [-0.2, 0) is 10.5 Å². The fourth-order valence-corrected chi connectivity index (χ4v) is 3.12. The van der Waals surface area contributed by atoms with Gasteiger partial charge in [-0.25, -0.2) is 4.79 Å². The van der Waals surface area contributed by atoms with E-state index >= 15 is 0 Å². The van der Waals surface area contributed by atoms with Gasteiger partial charge in [-0.15, -0.1) is 11.8 Å². The monoisotopic (exact) mass is 327 g/mol. The highest BCUT2D eigenvalue weighted by atomic mass is 35.5. The van der Waals surface area contributed by atoms with Gasteiger partial charge in [0.1, 0.15) is 0 Å². The molecule has 1 aromatic rings. The van der Waals surface area contributed by atoms with Crippen molar-refractivity contribution in [3.05, 3.63) is 34.9 Å². The summed E-state index contributed by atoms with van der Waals surface area (Å²) in [6.07, 6.45) is 0. The van der Waals surface area contributed by atoms with Gasteiger partial charge in [0.15, 0.2) is 0 Å². The van der Waals surface area contributed by atoms with Gasteiger partial charge < -0.3 is 15.5 Å². The Morgan fingerprint density at radius 3 is 2.95 bits per heavy atom. The first-order chi connectivity index (χ1) is 10.2. The average molecular weight is 328 g/mol. The number of nitrogens with zero attached hydrogens (tertiary/aromatic N) is 1. The van der Waals surface area contributed by atoms with Crippen LogP contribution < -0.4 is 10.6 Å². The largest absolute Gasteiger partial charge is 0.354 e. The number of benzene rings is 1. The molecular weight excluding hydrogens is 310 g/mol. The van der Waals surface area contributed by atoms with Gasteiger partial charge in [0.25, 0.3) is 0 Å². The lowest BCUT2D eigenvalue weighted by Crippen LogP contribution is -2.37. The lowest BCUT2D eigenvalue weighted by Gasteiger charge is -2.14. The number of thioether (sulfide) groups is 1. The molecule has 0 atom stereocenters. The average Bonchev–Trinajstić information content (AvgIpc) is 2.87. The van der Waals surface area contributed by atoms with E-state index in [0.717, 1.165) is 10.6 Å². The molecule has 1 saturated heterocycles. The number of halogens is 1. The van der Waals surface area contributed by atoms with Crippen LogP contribution in [0.5, 0.6) is 0 Å². The summed E-state index contributed by atoms with van der Waals surface area (Å²) in [5, 5.41) is 6.27. The zero-order valence-corrected chi connectivity index (χ0v) is 13.2. The van der Waals surface area contributed by atoms with Crippen molar-refractivity contribution in [2.75, 3.05) is 31.9 Å². The Kier molecular flexibility index (Phi) is 6.20. The lowest BCUT2D eigenvalue weighted by molar-refractivity contribution is -0.118. The summed E-state index contributed by atoms with van der Waals surface area (Å²) in [5.74, 6) is 1.07. The molecule has 0 spiro atoms. The van der Waals surface area contributed by atoms with Crippen LogP contribution in [0, 0.1) is 0 Å². The second kappa shape index (κ2) is 8.14. The van der Waals surface area contributed by atoms with E-state index in [1.165, 1.54) is 11.8 Å². The quantitative estimate of drug-likeness (QED) is 0.801. The molecule has 21 heavy (non-hydrogen) atoms. The molecule has 0 saturated carbocycles. The summed E-state index contributed by atoms with van der Waals surface area (Å²) >= 11 is 7.57. The fourth-order valence-electron chi connectivity index (χ4n) is 1.97. The molecule has 1 heterocycles. The minimum absolute atomic E-state index is 0.0216. The smallest absolute Gasteiger partial charge is 0.317 e. The molecule has 2 N–H and O–H groups in total. The maximum absolute atomic E-state index is 11.7. The van der Waals surface area contributed by atoms with Crippen LogP contribution >= 0.6 is 23.4 Å². The third kappa shape index (κ3) is 5.13. The van der Waals surface area contributed by atoms with E-state index in [1.54, 1.807) is 4.90 Å². The predicted molar refractivity (Wildman–Crippen MR) is 85.6 cm³/mol. The van der Waals surface area contributed by atoms with Crippen molar-refractivity contribution in [2.24, 2.45) is 0 Å². The van der Waals surface area contributed by atoms with Gasteiger partial charge in [0.2, 0.25) is 5.91 Å². The zero-order chi connectivity index (χ0) is 15.1. The van der Waals surface area contributed by atoms with Gasteiger partial charge in [-0.1, -0.05) is 29.8 Å². The number of carbonyl (C=O) groups excluding carboxylic acids is 2. The van der Waals surface area contributed by atoms with Crippen LogP contribution in [0.1, 0.15) is 5.56 Å². The molecule has 1 aromatic carbocycles. The molecule has 0 aromatic heterocycles. The molecule has 5 nitrogen and oxygen atoms in total. The number of hydrogen-bond acceptors (Lipinski definition) is 3. The van der Waals surface area contributed by atoms with Gasteiger partial charge in [-0.2, -0.15) is 0 Å². The van der Waals surface area contributed by atoms with Crippen LogP contribution in [0.2, 0.25) is 5.02 Å². The van der Waals surface area contributed by atoms with Gasteiger partial charge in [-0.3, -0.25) is 4.79 Å². The van der Waals surface area contributed by atoms with E-state index in [9.17, 15) is 9.59 Å². The molecule has 0 radical (unpaired) electrons. The van der Waals surface area contributed by atoms with Crippen molar-refractivity contribution in [2.45, 2.75) is 5.75 Å². The third-order valence-electron chi connectivity index (χ3n) is 3.10. The minimum Gasteiger partial charge on any atom is -0.354 e. The predicted octanol–water partition coefficient (Wildman–Crippen LogP) is 1.71. The van der Waals surface area contributed by atoms with Gasteiger partial charge in [0, 0.05) is 37.0 Å². The number of amides is 3. The van der Waals surface area contributed by atoms with Crippen molar-refractivity contribution in [1.82, 2.24) is 15.5 Å². The highest BCUT2D eigenvalue weighted by Gasteiger charge is 2.18. The number of urea groups is 1. The Morgan fingerprint density at radius 1 is 1.43 bits per heavy atom. The molecule has 7 heteroatoms. The van der Waals surface area contributed by atoms with Gasteiger partial charge >= 0.3 is 6.03 Å². The third-order valence-corrected chi connectivity index (χ3v) is 4.45. The van der Waals surface area contributed by atoms with E-state index in [1.807, 2.05) is 24.3 Å². The SMILES string of the molecule is O=C(CSCc1ccccc1Cl)NCCN1CCNC1=O. The van der Waals surface area contributed by atoms with Crippen LogP contribution in [0.3, 0.4) is 0 Å². The van der Waals surface area contributed by atoms with E-state index in [0.29, 0.717) is 37.7 Å². The Balaban J connectivity index is 1.59. The van der Waals surface area contributed by atoms with Crippen LogP contribution in [0.4, 0.5) is 4.79 Å². The molecule has 0 aliphatic carbocycles. The Hall–Kier alpha value is -1.40. The van der Waals surface area contributed by atoms with Crippen molar-refractivity contribution in [1.29, 1.82) is 0 Å². The second-order valence-corrected chi connectivity index (χ2v) is 6.05. The maximum atomic E-state index is 11.7.